The first-order chi connectivity index (χ1) is 13.6. The summed E-state index contributed by atoms with van der Waals surface area (Å²) in [7, 11) is 0. The lowest BCUT2D eigenvalue weighted by Crippen LogP contribution is -2.47. The van der Waals surface area contributed by atoms with E-state index in [1.807, 2.05) is 42.2 Å². The van der Waals surface area contributed by atoms with Crippen LogP contribution in [0.5, 0.6) is 5.75 Å². The van der Waals surface area contributed by atoms with E-state index in [2.05, 4.69) is 10.6 Å². The van der Waals surface area contributed by atoms with Gasteiger partial charge in [-0.1, -0.05) is 12.1 Å². The lowest BCUT2D eigenvalue weighted by atomic mass is 10.2. The molecule has 2 heterocycles. The van der Waals surface area contributed by atoms with Crippen LogP contribution < -0.4 is 15.4 Å². The molecule has 0 spiro atoms. The molecule has 0 saturated carbocycles. The number of aryl methyl sites for hydroxylation is 1. The Morgan fingerprint density at radius 1 is 1.25 bits per heavy atom. The van der Waals surface area contributed by atoms with E-state index in [1.54, 1.807) is 12.3 Å². The molecular formula is C21H27N3O4. The molecule has 2 N–H and O–H groups in total. The topological polar surface area (TPSA) is 83.8 Å². The first kappa shape index (κ1) is 19.9. The number of furan rings is 1. The monoisotopic (exact) mass is 385 g/mol. The number of nitrogens with one attached hydrogen (secondary N) is 2. The Balaban J connectivity index is 1.37. The predicted molar refractivity (Wildman–Crippen MR) is 105 cm³/mol. The summed E-state index contributed by atoms with van der Waals surface area (Å²) < 4.78 is 10.9. The van der Waals surface area contributed by atoms with Gasteiger partial charge in [-0.2, -0.15) is 0 Å². The second kappa shape index (κ2) is 9.94. The van der Waals surface area contributed by atoms with Crippen LogP contribution in [0.4, 0.5) is 0 Å². The number of hydrogen-bond donors (Lipinski definition) is 2. The van der Waals surface area contributed by atoms with Crippen molar-refractivity contribution >= 4 is 11.8 Å². The normalized spacial score (nSPS) is 16.7. The molecule has 0 radical (unpaired) electrons. The molecule has 0 bridgehead atoms. The van der Waals surface area contributed by atoms with Crippen molar-refractivity contribution in [2.24, 2.45) is 0 Å². The highest BCUT2D eigenvalue weighted by molar-refractivity contribution is 5.84. The maximum Gasteiger partial charge on any atom is 0.237 e. The van der Waals surface area contributed by atoms with Crippen molar-refractivity contribution in [1.82, 2.24) is 15.5 Å². The minimum absolute atomic E-state index is 0.0653. The summed E-state index contributed by atoms with van der Waals surface area (Å²) in [5, 5.41) is 5.74. The van der Waals surface area contributed by atoms with Crippen LogP contribution >= 0.6 is 0 Å². The molecular weight excluding hydrogens is 358 g/mol. The zero-order valence-electron chi connectivity index (χ0n) is 16.1. The molecule has 1 aliphatic rings. The summed E-state index contributed by atoms with van der Waals surface area (Å²) >= 11 is 0. The van der Waals surface area contributed by atoms with Crippen molar-refractivity contribution in [1.29, 1.82) is 0 Å². The standard InChI is InChI=1S/C21H27N3O4/c1-16-5-2-6-17(13-16)28-12-9-22-20(25)15-24-10-3-8-19(24)21(26)23-14-18-7-4-11-27-18/h2,4-7,11,13,19H,3,8-10,12,14-15H2,1H3,(H,22,25)(H,23,26). The second-order valence-corrected chi connectivity index (χ2v) is 6.94. The van der Waals surface area contributed by atoms with E-state index in [9.17, 15) is 9.59 Å². The first-order valence-electron chi connectivity index (χ1n) is 9.62. The molecule has 28 heavy (non-hydrogen) atoms. The van der Waals surface area contributed by atoms with Gasteiger partial charge in [0.2, 0.25) is 11.8 Å². The van der Waals surface area contributed by atoms with Gasteiger partial charge in [0.1, 0.15) is 18.1 Å². The summed E-state index contributed by atoms with van der Waals surface area (Å²) in [5.74, 6) is 1.34. The molecule has 7 heteroatoms. The number of carbonyl (C=O) groups is 2. The fourth-order valence-electron chi connectivity index (χ4n) is 3.32. The van der Waals surface area contributed by atoms with Crippen molar-refractivity contribution < 1.29 is 18.7 Å². The highest BCUT2D eigenvalue weighted by Gasteiger charge is 2.31. The van der Waals surface area contributed by atoms with Crippen molar-refractivity contribution in [3.63, 3.8) is 0 Å². The summed E-state index contributed by atoms with van der Waals surface area (Å²) in [6.45, 7) is 4.15. The van der Waals surface area contributed by atoms with E-state index in [0.717, 1.165) is 30.7 Å². The highest BCUT2D eigenvalue weighted by atomic mass is 16.5. The number of benzene rings is 1. The van der Waals surface area contributed by atoms with E-state index in [1.165, 1.54) is 0 Å². The van der Waals surface area contributed by atoms with Gasteiger partial charge in [0.05, 0.1) is 31.9 Å². The van der Waals surface area contributed by atoms with Crippen LogP contribution in [0.2, 0.25) is 0 Å². The molecule has 1 saturated heterocycles. The van der Waals surface area contributed by atoms with Crippen LogP contribution in [0.3, 0.4) is 0 Å². The van der Waals surface area contributed by atoms with Gasteiger partial charge in [-0.25, -0.2) is 0 Å². The third-order valence-corrected chi connectivity index (χ3v) is 4.71. The maximum atomic E-state index is 12.4. The second-order valence-electron chi connectivity index (χ2n) is 6.94. The fraction of sp³-hybridized carbons (Fsp3) is 0.429. The number of carbonyl (C=O) groups excluding carboxylic acids is 2. The molecule has 1 aromatic carbocycles. The predicted octanol–water partition coefficient (Wildman–Crippen LogP) is 1.86. The molecule has 2 amide bonds. The highest BCUT2D eigenvalue weighted by Crippen LogP contribution is 2.17. The van der Waals surface area contributed by atoms with Gasteiger partial charge in [0.25, 0.3) is 0 Å². The molecule has 1 atom stereocenters. The summed E-state index contributed by atoms with van der Waals surface area (Å²) in [6, 6.07) is 11.1. The van der Waals surface area contributed by atoms with Crippen LogP contribution in [0.25, 0.3) is 0 Å². The van der Waals surface area contributed by atoms with Crippen molar-refractivity contribution in [3.05, 3.63) is 54.0 Å². The Labute approximate surface area is 165 Å². The largest absolute Gasteiger partial charge is 0.492 e. The minimum atomic E-state index is -0.274. The molecule has 1 fully saturated rings. The maximum absolute atomic E-state index is 12.4. The molecule has 150 valence electrons. The molecule has 1 aliphatic heterocycles. The van der Waals surface area contributed by atoms with E-state index < -0.39 is 0 Å². The van der Waals surface area contributed by atoms with Gasteiger partial charge in [-0.05, 0) is 56.1 Å². The smallest absolute Gasteiger partial charge is 0.237 e. The van der Waals surface area contributed by atoms with Gasteiger partial charge in [0.15, 0.2) is 0 Å². The molecule has 3 rings (SSSR count). The molecule has 0 aliphatic carbocycles. The van der Waals surface area contributed by atoms with Gasteiger partial charge < -0.3 is 19.8 Å². The molecule has 7 nitrogen and oxygen atoms in total. The third-order valence-electron chi connectivity index (χ3n) is 4.71. The van der Waals surface area contributed by atoms with Gasteiger partial charge >= 0.3 is 0 Å². The summed E-state index contributed by atoms with van der Waals surface area (Å²) in [5.41, 5.74) is 1.13. The summed E-state index contributed by atoms with van der Waals surface area (Å²) in [4.78, 5) is 26.6. The Morgan fingerprint density at radius 3 is 2.93 bits per heavy atom. The van der Waals surface area contributed by atoms with E-state index in [4.69, 9.17) is 9.15 Å². The van der Waals surface area contributed by atoms with E-state index in [-0.39, 0.29) is 24.4 Å². The van der Waals surface area contributed by atoms with Crippen molar-refractivity contribution in [2.75, 3.05) is 26.2 Å². The number of amides is 2. The molecule has 1 unspecified atom stereocenters. The Bertz CT molecular complexity index is 776. The average molecular weight is 385 g/mol. The van der Waals surface area contributed by atoms with Crippen molar-refractivity contribution in [2.45, 2.75) is 32.4 Å². The zero-order chi connectivity index (χ0) is 19.8. The number of nitrogens with zero attached hydrogens (tertiary/aromatic N) is 1. The van der Waals surface area contributed by atoms with Gasteiger partial charge in [0, 0.05) is 0 Å². The van der Waals surface area contributed by atoms with E-state index >= 15 is 0 Å². The Kier molecular flexibility index (Phi) is 7.08. The first-order valence-corrected chi connectivity index (χ1v) is 9.62. The number of hydrogen-bond acceptors (Lipinski definition) is 5. The SMILES string of the molecule is Cc1cccc(OCCNC(=O)CN2CCCC2C(=O)NCc2ccco2)c1. The Hall–Kier alpha value is -2.80. The third kappa shape index (κ3) is 5.85. The number of likely N-dealkylation sites (tertiary alicyclic amines) is 1. The minimum Gasteiger partial charge on any atom is -0.492 e. The molecule has 1 aromatic heterocycles. The van der Waals surface area contributed by atoms with Crippen LogP contribution in [-0.4, -0.2) is 49.0 Å². The van der Waals surface area contributed by atoms with Crippen LogP contribution in [0.15, 0.2) is 47.1 Å². The zero-order valence-corrected chi connectivity index (χ0v) is 16.1. The lowest BCUT2D eigenvalue weighted by Gasteiger charge is -2.23. The Morgan fingerprint density at radius 2 is 2.14 bits per heavy atom. The lowest BCUT2D eigenvalue weighted by molar-refractivity contribution is -0.127. The van der Waals surface area contributed by atoms with Crippen LogP contribution in [0, 0.1) is 6.92 Å². The summed E-state index contributed by atoms with van der Waals surface area (Å²) in [6.07, 6.45) is 3.24. The average Bonchev–Trinajstić information content (AvgIpc) is 3.35. The van der Waals surface area contributed by atoms with E-state index in [0.29, 0.717) is 25.5 Å². The van der Waals surface area contributed by atoms with Gasteiger partial charge in [-0.3, -0.25) is 14.5 Å². The van der Waals surface area contributed by atoms with Gasteiger partial charge in [-0.15, -0.1) is 0 Å². The van der Waals surface area contributed by atoms with Crippen molar-refractivity contribution in [3.8, 4) is 5.75 Å². The fourth-order valence-corrected chi connectivity index (χ4v) is 3.32. The van der Waals surface area contributed by atoms with Crippen LogP contribution in [0.1, 0.15) is 24.2 Å². The quantitative estimate of drug-likeness (QED) is 0.644. The number of rotatable bonds is 9. The van der Waals surface area contributed by atoms with Crippen LogP contribution in [-0.2, 0) is 16.1 Å². The molecule has 2 aromatic rings. The number of ether oxygens (including phenoxy) is 1.